The Kier molecular flexibility index (Phi) is 6.52. The summed E-state index contributed by atoms with van der Waals surface area (Å²) in [5.74, 6) is -2.19. The Bertz CT molecular complexity index is 343. The minimum atomic E-state index is -0.999. The minimum Gasteiger partial charge on any atom is -0.481 e. The van der Waals surface area contributed by atoms with Gasteiger partial charge in [-0.1, -0.05) is 13.8 Å². The van der Waals surface area contributed by atoms with Gasteiger partial charge in [-0.15, -0.1) is 0 Å². The average Bonchev–Trinajstić information content (AvgIpc) is 2.19. The molecule has 0 saturated heterocycles. The molecule has 0 spiro atoms. The van der Waals surface area contributed by atoms with E-state index in [9.17, 15) is 14.4 Å². The van der Waals surface area contributed by atoms with Crippen LogP contribution in [0.1, 0.15) is 41.0 Å². The highest BCUT2D eigenvalue weighted by molar-refractivity contribution is 5.87. The molecule has 6 heteroatoms. The van der Waals surface area contributed by atoms with E-state index in [1.807, 2.05) is 0 Å². The second-order valence-electron chi connectivity index (χ2n) is 5.79. The van der Waals surface area contributed by atoms with Crippen molar-refractivity contribution in [3.8, 4) is 0 Å². The van der Waals surface area contributed by atoms with Gasteiger partial charge >= 0.3 is 12.1 Å². The van der Waals surface area contributed by atoms with Crippen LogP contribution in [0.2, 0.25) is 0 Å². The Labute approximate surface area is 113 Å². The van der Waals surface area contributed by atoms with Gasteiger partial charge in [0, 0.05) is 6.42 Å². The maximum Gasteiger partial charge on any atom is 0.408 e. The quantitative estimate of drug-likeness (QED) is 0.770. The van der Waals surface area contributed by atoms with Crippen LogP contribution in [0.25, 0.3) is 0 Å². The van der Waals surface area contributed by atoms with E-state index in [1.54, 1.807) is 34.6 Å². The summed E-state index contributed by atoms with van der Waals surface area (Å²) in [4.78, 5) is 33.9. The van der Waals surface area contributed by atoms with Crippen molar-refractivity contribution in [2.45, 2.75) is 46.6 Å². The first-order chi connectivity index (χ1) is 8.53. The fraction of sp³-hybridized carbons (Fsp3) is 0.769. The maximum atomic E-state index is 11.6. The van der Waals surface area contributed by atoms with Gasteiger partial charge in [0.25, 0.3) is 0 Å². The number of hydrogen-bond donors (Lipinski definition) is 2. The second-order valence-corrected chi connectivity index (χ2v) is 5.79. The average molecular weight is 273 g/mol. The van der Waals surface area contributed by atoms with E-state index in [4.69, 9.17) is 9.84 Å². The number of ketones is 1. The van der Waals surface area contributed by atoms with Crippen molar-refractivity contribution >= 4 is 17.8 Å². The molecule has 0 heterocycles. The van der Waals surface area contributed by atoms with E-state index in [1.165, 1.54) is 0 Å². The van der Waals surface area contributed by atoms with Crippen molar-refractivity contribution in [3.63, 3.8) is 0 Å². The number of nitrogens with one attached hydrogen (secondary N) is 1. The normalized spacial score (nSPS) is 12.9. The molecule has 0 saturated carbocycles. The number of amides is 1. The number of ether oxygens (including phenoxy) is 1. The van der Waals surface area contributed by atoms with Crippen molar-refractivity contribution in [2.75, 3.05) is 6.54 Å². The molecule has 0 aliphatic rings. The lowest BCUT2D eigenvalue weighted by Gasteiger charge is -2.20. The van der Waals surface area contributed by atoms with Crippen molar-refractivity contribution in [1.82, 2.24) is 5.32 Å². The van der Waals surface area contributed by atoms with Crippen LogP contribution in [-0.4, -0.2) is 35.1 Å². The predicted octanol–water partition coefficient (Wildman–Crippen LogP) is 1.83. The molecular formula is C13H23NO5. The van der Waals surface area contributed by atoms with E-state index in [0.29, 0.717) is 0 Å². The molecule has 1 atom stereocenters. The van der Waals surface area contributed by atoms with Gasteiger partial charge in [-0.2, -0.15) is 0 Å². The SMILES string of the molecule is CC(C)[C@H](CC(=O)CNC(=O)OC(C)(C)C)C(=O)O. The first-order valence-electron chi connectivity index (χ1n) is 6.24. The van der Waals surface area contributed by atoms with Crippen LogP contribution in [0.4, 0.5) is 4.79 Å². The zero-order valence-electron chi connectivity index (χ0n) is 12.1. The van der Waals surface area contributed by atoms with Crippen LogP contribution in [0.15, 0.2) is 0 Å². The fourth-order valence-corrected chi connectivity index (χ4v) is 1.41. The molecule has 0 radical (unpaired) electrons. The van der Waals surface area contributed by atoms with Gasteiger partial charge in [0.1, 0.15) is 5.60 Å². The summed E-state index contributed by atoms with van der Waals surface area (Å²) < 4.78 is 4.97. The molecule has 0 aromatic rings. The van der Waals surface area contributed by atoms with E-state index < -0.39 is 23.6 Å². The lowest BCUT2D eigenvalue weighted by atomic mass is 9.91. The Morgan fingerprint density at radius 2 is 1.74 bits per heavy atom. The fourth-order valence-electron chi connectivity index (χ4n) is 1.41. The van der Waals surface area contributed by atoms with E-state index >= 15 is 0 Å². The van der Waals surface area contributed by atoms with Crippen LogP contribution in [-0.2, 0) is 14.3 Å². The van der Waals surface area contributed by atoms with Crippen LogP contribution >= 0.6 is 0 Å². The third-order valence-corrected chi connectivity index (χ3v) is 2.40. The third kappa shape index (κ3) is 8.18. The highest BCUT2D eigenvalue weighted by Crippen LogP contribution is 2.15. The molecule has 19 heavy (non-hydrogen) atoms. The molecule has 1 amide bonds. The zero-order valence-corrected chi connectivity index (χ0v) is 12.1. The smallest absolute Gasteiger partial charge is 0.408 e. The van der Waals surface area contributed by atoms with Gasteiger partial charge in [-0.05, 0) is 26.7 Å². The van der Waals surface area contributed by atoms with E-state index in [-0.39, 0.29) is 24.7 Å². The molecule has 0 aromatic heterocycles. The van der Waals surface area contributed by atoms with Gasteiger partial charge in [0.05, 0.1) is 12.5 Å². The number of carbonyl (C=O) groups excluding carboxylic acids is 2. The van der Waals surface area contributed by atoms with Gasteiger partial charge in [0.2, 0.25) is 0 Å². The van der Waals surface area contributed by atoms with Gasteiger partial charge in [-0.25, -0.2) is 4.79 Å². The summed E-state index contributed by atoms with van der Waals surface area (Å²) in [6.45, 7) is 8.42. The summed E-state index contributed by atoms with van der Waals surface area (Å²) in [6, 6.07) is 0. The topological polar surface area (TPSA) is 92.7 Å². The minimum absolute atomic E-state index is 0.0944. The van der Waals surface area contributed by atoms with Crippen LogP contribution < -0.4 is 5.32 Å². The molecule has 0 fully saturated rings. The molecule has 2 N–H and O–H groups in total. The molecule has 0 aromatic carbocycles. The number of carbonyl (C=O) groups is 3. The first kappa shape index (κ1) is 17.4. The van der Waals surface area contributed by atoms with Crippen LogP contribution in [0.5, 0.6) is 0 Å². The Morgan fingerprint density at radius 3 is 2.11 bits per heavy atom. The molecule has 110 valence electrons. The number of carboxylic acids is 1. The van der Waals surface area contributed by atoms with Crippen LogP contribution in [0, 0.1) is 11.8 Å². The zero-order chi connectivity index (χ0) is 15.2. The highest BCUT2D eigenvalue weighted by Gasteiger charge is 2.25. The molecule has 0 unspecified atom stereocenters. The molecule has 0 rings (SSSR count). The number of aliphatic carboxylic acids is 1. The van der Waals surface area contributed by atoms with Gasteiger partial charge < -0.3 is 15.2 Å². The van der Waals surface area contributed by atoms with Gasteiger partial charge in [-0.3, -0.25) is 9.59 Å². The number of rotatable bonds is 6. The first-order valence-corrected chi connectivity index (χ1v) is 6.24. The lowest BCUT2D eigenvalue weighted by molar-refractivity contribution is -0.145. The van der Waals surface area contributed by atoms with E-state index in [0.717, 1.165) is 0 Å². The number of alkyl carbamates (subject to hydrolysis) is 1. The van der Waals surface area contributed by atoms with Crippen molar-refractivity contribution < 1.29 is 24.2 Å². The molecule has 6 nitrogen and oxygen atoms in total. The van der Waals surface area contributed by atoms with E-state index in [2.05, 4.69) is 5.32 Å². The Hall–Kier alpha value is -1.59. The lowest BCUT2D eigenvalue weighted by Crippen LogP contribution is -2.36. The van der Waals surface area contributed by atoms with Crippen molar-refractivity contribution in [2.24, 2.45) is 11.8 Å². The Balaban J connectivity index is 4.19. The highest BCUT2D eigenvalue weighted by atomic mass is 16.6. The van der Waals surface area contributed by atoms with Crippen molar-refractivity contribution in [3.05, 3.63) is 0 Å². The monoisotopic (exact) mass is 273 g/mol. The summed E-state index contributed by atoms with van der Waals surface area (Å²) in [7, 11) is 0. The predicted molar refractivity (Wildman–Crippen MR) is 69.8 cm³/mol. The summed E-state index contributed by atoms with van der Waals surface area (Å²) in [5, 5.41) is 11.3. The Morgan fingerprint density at radius 1 is 1.21 bits per heavy atom. The standard InChI is InChI=1S/C13H23NO5/c1-8(2)10(11(16)17)6-9(15)7-14-12(18)19-13(3,4)5/h8,10H,6-7H2,1-5H3,(H,14,18)(H,16,17)/t10-/m0/s1. The summed E-state index contributed by atoms with van der Waals surface area (Å²) in [5.41, 5.74) is -0.630. The number of hydrogen-bond acceptors (Lipinski definition) is 4. The van der Waals surface area contributed by atoms with Crippen LogP contribution in [0.3, 0.4) is 0 Å². The molecule has 0 bridgehead atoms. The third-order valence-electron chi connectivity index (χ3n) is 2.40. The second kappa shape index (κ2) is 7.11. The molecule has 0 aliphatic carbocycles. The molecule has 0 aliphatic heterocycles. The number of carboxylic acid groups (broad SMARTS) is 1. The van der Waals surface area contributed by atoms with Gasteiger partial charge in [0.15, 0.2) is 5.78 Å². The number of Topliss-reactive ketones (excluding diaryl/α,β-unsaturated/α-hetero) is 1. The summed E-state index contributed by atoms with van der Waals surface area (Å²) in [6.07, 6.45) is -0.778. The van der Waals surface area contributed by atoms with Crippen molar-refractivity contribution in [1.29, 1.82) is 0 Å². The largest absolute Gasteiger partial charge is 0.481 e. The summed E-state index contributed by atoms with van der Waals surface area (Å²) >= 11 is 0. The maximum absolute atomic E-state index is 11.6. The molecular weight excluding hydrogens is 250 g/mol.